The van der Waals surface area contributed by atoms with Gasteiger partial charge in [0.2, 0.25) is 0 Å². The number of aryl methyl sites for hydroxylation is 2. The summed E-state index contributed by atoms with van der Waals surface area (Å²) in [5.74, 6) is 0.922. The van der Waals surface area contributed by atoms with Crippen molar-refractivity contribution in [3.05, 3.63) is 40.6 Å². The number of aromatic nitrogens is 1. The Morgan fingerprint density at radius 2 is 2.25 bits per heavy atom. The lowest BCUT2D eigenvalue weighted by Crippen LogP contribution is -2.06. The predicted octanol–water partition coefficient (Wildman–Crippen LogP) is 2.21. The molecule has 0 aliphatic heterocycles. The Kier molecular flexibility index (Phi) is 2.07. The molecule has 3 heteroatoms. The molecule has 0 saturated carbocycles. The molecule has 3 rings (SSSR count). The Balaban J connectivity index is 2.22. The van der Waals surface area contributed by atoms with Crippen molar-refractivity contribution < 1.29 is 4.52 Å². The van der Waals surface area contributed by atoms with E-state index in [1.807, 2.05) is 0 Å². The largest absolute Gasteiger partial charge is 0.356 e. The lowest BCUT2D eigenvalue weighted by atomic mass is 9.88. The van der Waals surface area contributed by atoms with Crippen LogP contribution in [0.15, 0.2) is 22.7 Å². The molecule has 16 heavy (non-hydrogen) atoms. The van der Waals surface area contributed by atoms with Crippen LogP contribution in [-0.2, 0) is 19.4 Å². The zero-order valence-corrected chi connectivity index (χ0v) is 9.29. The van der Waals surface area contributed by atoms with Gasteiger partial charge in [0.1, 0.15) is 5.69 Å². The minimum atomic E-state index is 0.458. The first-order valence-electron chi connectivity index (χ1n) is 5.57. The lowest BCUT2D eigenvalue weighted by molar-refractivity contribution is 0.422. The van der Waals surface area contributed by atoms with E-state index in [-0.39, 0.29) is 0 Å². The fourth-order valence-corrected chi connectivity index (χ4v) is 2.35. The fraction of sp³-hybridized carbons (Fsp3) is 0.308. The van der Waals surface area contributed by atoms with Crippen molar-refractivity contribution in [1.82, 2.24) is 5.16 Å². The van der Waals surface area contributed by atoms with E-state index in [0.29, 0.717) is 6.54 Å². The van der Waals surface area contributed by atoms with E-state index in [4.69, 9.17) is 10.3 Å². The smallest absolute Gasteiger partial charge is 0.170 e. The quantitative estimate of drug-likeness (QED) is 0.791. The highest BCUT2D eigenvalue weighted by Crippen LogP contribution is 2.35. The van der Waals surface area contributed by atoms with Crippen molar-refractivity contribution in [2.24, 2.45) is 5.73 Å². The first kappa shape index (κ1) is 9.60. The zero-order chi connectivity index (χ0) is 11.1. The van der Waals surface area contributed by atoms with Gasteiger partial charge in [-0.25, -0.2) is 0 Å². The molecule has 0 saturated heterocycles. The molecule has 1 heterocycles. The van der Waals surface area contributed by atoms with Crippen LogP contribution < -0.4 is 5.73 Å². The fourth-order valence-electron chi connectivity index (χ4n) is 2.35. The number of nitrogens with zero attached hydrogens (tertiary/aromatic N) is 1. The summed E-state index contributed by atoms with van der Waals surface area (Å²) in [7, 11) is 0. The number of benzene rings is 1. The van der Waals surface area contributed by atoms with E-state index >= 15 is 0 Å². The van der Waals surface area contributed by atoms with Crippen LogP contribution in [0.1, 0.15) is 22.4 Å². The van der Waals surface area contributed by atoms with Gasteiger partial charge in [0.05, 0.1) is 0 Å². The van der Waals surface area contributed by atoms with E-state index in [2.05, 4.69) is 30.3 Å². The standard InChI is InChI=1S/C13H14N2O/c1-8-2-3-9-4-5-10-12(7-14)15-16-13(10)11(9)6-8/h2-3,6H,4-5,7,14H2,1H3. The summed E-state index contributed by atoms with van der Waals surface area (Å²) in [5.41, 5.74) is 11.5. The van der Waals surface area contributed by atoms with Crippen molar-refractivity contribution in [3.63, 3.8) is 0 Å². The molecule has 1 aliphatic carbocycles. The molecule has 1 aromatic carbocycles. The molecule has 0 unspecified atom stereocenters. The van der Waals surface area contributed by atoms with Crippen LogP contribution in [0.3, 0.4) is 0 Å². The van der Waals surface area contributed by atoms with E-state index in [1.54, 1.807) is 0 Å². The second-order valence-corrected chi connectivity index (χ2v) is 4.30. The highest BCUT2D eigenvalue weighted by molar-refractivity contribution is 5.69. The molecule has 1 aliphatic rings. The highest BCUT2D eigenvalue weighted by Gasteiger charge is 2.23. The average Bonchev–Trinajstić information content (AvgIpc) is 2.72. The summed E-state index contributed by atoms with van der Waals surface area (Å²) in [4.78, 5) is 0. The molecule has 2 N–H and O–H groups in total. The third-order valence-electron chi connectivity index (χ3n) is 3.22. The van der Waals surface area contributed by atoms with Crippen LogP contribution in [0.4, 0.5) is 0 Å². The molecule has 0 spiro atoms. The van der Waals surface area contributed by atoms with E-state index in [0.717, 1.165) is 24.3 Å². The van der Waals surface area contributed by atoms with Crippen molar-refractivity contribution in [2.45, 2.75) is 26.3 Å². The van der Waals surface area contributed by atoms with Crippen molar-refractivity contribution in [1.29, 1.82) is 0 Å². The van der Waals surface area contributed by atoms with Crippen molar-refractivity contribution in [3.8, 4) is 11.3 Å². The second-order valence-electron chi connectivity index (χ2n) is 4.30. The van der Waals surface area contributed by atoms with Crippen LogP contribution in [0.2, 0.25) is 0 Å². The molecular formula is C13H14N2O. The number of rotatable bonds is 1. The van der Waals surface area contributed by atoms with Gasteiger partial charge in [0, 0.05) is 17.7 Å². The Bertz CT molecular complexity index is 543. The van der Waals surface area contributed by atoms with Crippen LogP contribution in [-0.4, -0.2) is 5.16 Å². The number of fused-ring (bicyclic) bond motifs is 3. The predicted molar refractivity (Wildman–Crippen MR) is 62.0 cm³/mol. The lowest BCUT2D eigenvalue weighted by Gasteiger charge is -2.15. The number of hydrogen-bond donors (Lipinski definition) is 1. The van der Waals surface area contributed by atoms with E-state index < -0.39 is 0 Å². The van der Waals surface area contributed by atoms with Gasteiger partial charge < -0.3 is 10.3 Å². The Morgan fingerprint density at radius 3 is 3.06 bits per heavy atom. The molecular weight excluding hydrogens is 200 g/mol. The Labute approximate surface area is 94.2 Å². The highest BCUT2D eigenvalue weighted by atomic mass is 16.5. The molecule has 2 aromatic rings. The molecule has 0 radical (unpaired) electrons. The summed E-state index contributed by atoms with van der Waals surface area (Å²) < 4.78 is 5.43. The molecule has 0 fully saturated rings. The van der Waals surface area contributed by atoms with Gasteiger partial charge in [0.15, 0.2) is 5.76 Å². The molecule has 3 nitrogen and oxygen atoms in total. The Hall–Kier alpha value is -1.61. The minimum absolute atomic E-state index is 0.458. The van der Waals surface area contributed by atoms with Gasteiger partial charge in [-0.05, 0) is 31.4 Å². The molecule has 82 valence electrons. The van der Waals surface area contributed by atoms with Gasteiger partial charge in [-0.15, -0.1) is 0 Å². The molecule has 0 bridgehead atoms. The van der Waals surface area contributed by atoms with Gasteiger partial charge in [-0.1, -0.05) is 22.9 Å². The van der Waals surface area contributed by atoms with Crippen molar-refractivity contribution >= 4 is 0 Å². The maximum Gasteiger partial charge on any atom is 0.170 e. The summed E-state index contributed by atoms with van der Waals surface area (Å²) in [5, 5.41) is 4.04. The molecule has 0 amide bonds. The first-order chi connectivity index (χ1) is 7.79. The SMILES string of the molecule is Cc1ccc2c(c1)-c1onc(CN)c1CC2. The maximum absolute atomic E-state index is 5.65. The van der Waals surface area contributed by atoms with E-state index in [9.17, 15) is 0 Å². The molecule has 0 atom stereocenters. The Morgan fingerprint density at radius 1 is 1.38 bits per heavy atom. The maximum atomic E-state index is 5.65. The van der Waals surface area contributed by atoms with Gasteiger partial charge in [-0.2, -0.15) is 0 Å². The third-order valence-corrected chi connectivity index (χ3v) is 3.22. The summed E-state index contributed by atoms with van der Waals surface area (Å²) in [6, 6.07) is 6.49. The van der Waals surface area contributed by atoms with Gasteiger partial charge >= 0.3 is 0 Å². The average molecular weight is 214 g/mol. The second kappa shape index (κ2) is 3.46. The van der Waals surface area contributed by atoms with Crippen LogP contribution in [0.5, 0.6) is 0 Å². The molecule has 1 aromatic heterocycles. The van der Waals surface area contributed by atoms with Crippen LogP contribution in [0.25, 0.3) is 11.3 Å². The number of hydrogen-bond acceptors (Lipinski definition) is 3. The minimum Gasteiger partial charge on any atom is -0.356 e. The van der Waals surface area contributed by atoms with E-state index in [1.165, 1.54) is 22.3 Å². The summed E-state index contributed by atoms with van der Waals surface area (Å²) in [6.45, 7) is 2.55. The van der Waals surface area contributed by atoms with Gasteiger partial charge in [0.25, 0.3) is 0 Å². The zero-order valence-electron chi connectivity index (χ0n) is 9.29. The van der Waals surface area contributed by atoms with Crippen LogP contribution in [0, 0.1) is 6.92 Å². The monoisotopic (exact) mass is 214 g/mol. The van der Waals surface area contributed by atoms with Crippen LogP contribution >= 0.6 is 0 Å². The van der Waals surface area contributed by atoms with Crippen molar-refractivity contribution in [2.75, 3.05) is 0 Å². The summed E-state index contributed by atoms with van der Waals surface area (Å²) >= 11 is 0. The number of nitrogens with two attached hydrogens (primary N) is 1. The van der Waals surface area contributed by atoms with Gasteiger partial charge in [-0.3, -0.25) is 0 Å². The topological polar surface area (TPSA) is 52.0 Å². The third kappa shape index (κ3) is 1.28. The summed E-state index contributed by atoms with van der Waals surface area (Å²) in [6.07, 6.45) is 2.04. The normalized spacial score (nSPS) is 13.4. The first-order valence-corrected chi connectivity index (χ1v) is 5.57.